The van der Waals surface area contributed by atoms with Gasteiger partial charge in [-0.05, 0) is 50.2 Å². The van der Waals surface area contributed by atoms with Crippen molar-refractivity contribution in [2.75, 3.05) is 13.1 Å². The van der Waals surface area contributed by atoms with Crippen LogP contribution >= 0.6 is 0 Å². The molecule has 1 aliphatic heterocycles. The zero-order valence-electron chi connectivity index (χ0n) is 13.7. The van der Waals surface area contributed by atoms with Crippen LogP contribution in [0.5, 0.6) is 11.8 Å². The standard InChI is InChI=1S/C18H19N5O2/c24-17-11-13(23-9-1-2-10-23)3-4-15(17)16-12-20-18(22-21-16)25-14-5-7-19-8-6-14/h1-4,9-12,14,19,24H,5-8H2. The molecule has 1 saturated heterocycles. The van der Waals surface area contributed by atoms with Gasteiger partial charge in [0.2, 0.25) is 0 Å². The van der Waals surface area contributed by atoms with E-state index in [0.717, 1.165) is 31.6 Å². The van der Waals surface area contributed by atoms with Crippen LogP contribution in [0.3, 0.4) is 0 Å². The first-order valence-electron chi connectivity index (χ1n) is 8.33. The van der Waals surface area contributed by atoms with Gasteiger partial charge in [0.25, 0.3) is 0 Å². The fourth-order valence-electron chi connectivity index (χ4n) is 2.91. The molecule has 0 unspecified atom stereocenters. The van der Waals surface area contributed by atoms with E-state index in [1.165, 1.54) is 0 Å². The molecule has 3 aromatic rings. The zero-order chi connectivity index (χ0) is 17.1. The van der Waals surface area contributed by atoms with E-state index in [-0.39, 0.29) is 17.9 Å². The first-order chi connectivity index (χ1) is 12.3. The summed E-state index contributed by atoms with van der Waals surface area (Å²) in [6.07, 6.45) is 7.42. The number of aromatic hydroxyl groups is 1. The van der Waals surface area contributed by atoms with Crippen molar-refractivity contribution in [3.63, 3.8) is 0 Å². The van der Waals surface area contributed by atoms with Crippen molar-refractivity contribution in [1.82, 2.24) is 25.1 Å². The third-order valence-corrected chi connectivity index (χ3v) is 4.26. The number of phenols is 1. The molecule has 0 radical (unpaired) electrons. The van der Waals surface area contributed by atoms with Crippen LogP contribution < -0.4 is 10.1 Å². The van der Waals surface area contributed by atoms with Gasteiger partial charge in [-0.25, -0.2) is 4.98 Å². The van der Waals surface area contributed by atoms with Gasteiger partial charge in [-0.15, -0.1) is 5.10 Å². The quantitative estimate of drug-likeness (QED) is 0.759. The molecule has 25 heavy (non-hydrogen) atoms. The Morgan fingerprint density at radius 1 is 1.12 bits per heavy atom. The predicted molar refractivity (Wildman–Crippen MR) is 92.8 cm³/mol. The Labute approximate surface area is 145 Å². The third kappa shape index (κ3) is 3.46. The lowest BCUT2D eigenvalue weighted by molar-refractivity contribution is 0.147. The lowest BCUT2D eigenvalue weighted by Gasteiger charge is -2.22. The number of aromatic nitrogens is 4. The topological polar surface area (TPSA) is 85.1 Å². The maximum Gasteiger partial charge on any atom is 0.335 e. The molecular formula is C18H19N5O2. The molecule has 0 spiro atoms. The second kappa shape index (κ2) is 6.90. The number of hydrogen-bond acceptors (Lipinski definition) is 6. The molecule has 2 aromatic heterocycles. The normalized spacial score (nSPS) is 15.2. The van der Waals surface area contributed by atoms with E-state index in [2.05, 4.69) is 20.5 Å². The summed E-state index contributed by atoms with van der Waals surface area (Å²) in [7, 11) is 0. The van der Waals surface area contributed by atoms with Crippen LogP contribution in [0, 0.1) is 0 Å². The monoisotopic (exact) mass is 337 g/mol. The summed E-state index contributed by atoms with van der Waals surface area (Å²) < 4.78 is 7.67. The largest absolute Gasteiger partial charge is 0.507 e. The molecule has 0 saturated carbocycles. The molecule has 1 aromatic carbocycles. The summed E-state index contributed by atoms with van der Waals surface area (Å²) in [6.45, 7) is 1.88. The molecule has 0 bridgehead atoms. The summed E-state index contributed by atoms with van der Waals surface area (Å²) in [4.78, 5) is 4.23. The van der Waals surface area contributed by atoms with Gasteiger partial charge in [0.05, 0.1) is 6.20 Å². The minimum Gasteiger partial charge on any atom is -0.507 e. The molecule has 7 heteroatoms. The molecule has 3 heterocycles. The van der Waals surface area contributed by atoms with Crippen LogP contribution in [0.25, 0.3) is 16.9 Å². The average Bonchev–Trinajstić information content (AvgIpc) is 3.18. The minimum atomic E-state index is 0.128. The number of hydrogen-bond donors (Lipinski definition) is 2. The van der Waals surface area contributed by atoms with Crippen LogP contribution in [0.4, 0.5) is 0 Å². The van der Waals surface area contributed by atoms with Gasteiger partial charge in [0.15, 0.2) is 0 Å². The van der Waals surface area contributed by atoms with Gasteiger partial charge in [-0.2, -0.15) is 0 Å². The number of rotatable bonds is 4. The molecular weight excluding hydrogens is 318 g/mol. The van der Waals surface area contributed by atoms with Crippen molar-refractivity contribution in [2.24, 2.45) is 0 Å². The highest BCUT2D eigenvalue weighted by Gasteiger charge is 2.16. The van der Waals surface area contributed by atoms with Crippen LogP contribution in [-0.4, -0.2) is 44.0 Å². The second-order valence-corrected chi connectivity index (χ2v) is 5.98. The van der Waals surface area contributed by atoms with Gasteiger partial charge in [0.1, 0.15) is 17.5 Å². The van der Waals surface area contributed by atoms with Crippen molar-refractivity contribution in [1.29, 1.82) is 0 Å². The average molecular weight is 337 g/mol. The highest BCUT2D eigenvalue weighted by molar-refractivity contribution is 5.67. The van der Waals surface area contributed by atoms with Crippen molar-refractivity contribution >= 4 is 0 Å². The van der Waals surface area contributed by atoms with Crippen LogP contribution in [0.1, 0.15) is 12.8 Å². The molecule has 2 N–H and O–H groups in total. The molecule has 128 valence electrons. The molecule has 0 amide bonds. The SMILES string of the molecule is Oc1cc(-n2cccc2)ccc1-c1cnc(OC2CCNCC2)nn1. The van der Waals surface area contributed by atoms with Gasteiger partial charge in [0, 0.05) is 29.7 Å². The molecule has 1 fully saturated rings. The van der Waals surface area contributed by atoms with Gasteiger partial charge >= 0.3 is 6.01 Å². The van der Waals surface area contributed by atoms with Gasteiger partial charge in [-0.1, -0.05) is 5.10 Å². The van der Waals surface area contributed by atoms with E-state index < -0.39 is 0 Å². The first-order valence-corrected chi connectivity index (χ1v) is 8.33. The molecule has 7 nitrogen and oxygen atoms in total. The Morgan fingerprint density at radius 3 is 2.60 bits per heavy atom. The highest BCUT2D eigenvalue weighted by atomic mass is 16.5. The molecule has 1 aliphatic rings. The van der Waals surface area contributed by atoms with Gasteiger partial charge in [-0.3, -0.25) is 0 Å². The van der Waals surface area contributed by atoms with E-state index in [4.69, 9.17) is 4.74 Å². The Hall–Kier alpha value is -2.93. The Morgan fingerprint density at radius 2 is 1.92 bits per heavy atom. The lowest BCUT2D eigenvalue weighted by atomic mass is 10.1. The number of phenolic OH excluding ortho intramolecular Hbond substituents is 1. The van der Waals surface area contributed by atoms with E-state index in [9.17, 15) is 5.11 Å². The fourth-order valence-corrected chi connectivity index (χ4v) is 2.91. The van der Waals surface area contributed by atoms with E-state index in [1.807, 2.05) is 41.2 Å². The van der Waals surface area contributed by atoms with Crippen molar-refractivity contribution in [3.05, 3.63) is 48.9 Å². The van der Waals surface area contributed by atoms with Crippen LogP contribution in [0.2, 0.25) is 0 Å². The van der Waals surface area contributed by atoms with Gasteiger partial charge < -0.3 is 19.7 Å². The maximum absolute atomic E-state index is 10.3. The van der Waals surface area contributed by atoms with Crippen LogP contribution in [-0.2, 0) is 0 Å². The fraction of sp³-hybridized carbons (Fsp3) is 0.278. The number of nitrogens with zero attached hydrogens (tertiary/aromatic N) is 4. The van der Waals surface area contributed by atoms with Crippen molar-refractivity contribution in [2.45, 2.75) is 18.9 Å². The summed E-state index contributed by atoms with van der Waals surface area (Å²) in [5, 5.41) is 21.8. The van der Waals surface area contributed by atoms with E-state index in [0.29, 0.717) is 11.3 Å². The molecule has 4 rings (SSSR count). The summed E-state index contributed by atoms with van der Waals surface area (Å²) >= 11 is 0. The van der Waals surface area contributed by atoms with Crippen molar-refractivity contribution in [3.8, 4) is 28.7 Å². The van der Waals surface area contributed by atoms with Crippen LogP contribution in [0.15, 0.2) is 48.9 Å². The predicted octanol–water partition coefficient (Wildman–Crippen LogP) is 2.17. The molecule has 0 atom stereocenters. The summed E-state index contributed by atoms with van der Waals surface area (Å²) in [6, 6.07) is 9.55. The number of piperidine rings is 1. The second-order valence-electron chi connectivity index (χ2n) is 5.98. The summed E-state index contributed by atoms with van der Waals surface area (Å²) in [5.41, 5.74) is 1.97. The summed E-state index contributed by atoms with van der Waals surface area (Å²) in [5.74, 6) is 0.134. The number of benzene rings is 1. The van der Waals surface area contributed by atoms with E-state index in [1.54, 1.807) is 12.3 Å². The number of nitrogens with one attached hydrogen (secondary N) is 1. The van der Waals surface area contributed by atoms with E-state index >= 15 is 0 Å². The maximum atomic E-state index is 10.3. The molecule has 0 aliphatic carbocycles. The highest BCUT2D eigenvalue weighted by Crippen LogP contribution is 2.29. The third-order valence-electron chi connectivity index (χ3n) is 4.26. The minimum absolute atomic E-state index is 0.128. The van der Waals surface area contributed by atoms with Crippen molar-refractivity contribution < 1.29 is 9.84 Å². The Kier molecular flexibility index (Phi) is 4.30. The Balaban J connectivity index is 1.51. The first kappa shape index (κ1) is 15.6. The zero-order valence-corrected chi connectivity index (χ0v) is 13.7. The Bertz CT molecular complexity index is 827. The smallest absolute Gasteiger partial charge is 0.335 e. The number of ether oxygens (including phenoxy) is 1. The lowest BCUT2D eigenvalue weighted by Crippen LogP contribution is -2.34.